The second-order valence-corrected chi connectivity index (χ2v) is 6.55. The minimum atomic E-state index is -4.13. The highest BCUT2D eigenvalue weighted by Gasteiger charge is 2.27. The van der Waals surface area contributed by atoms with Gasteiger partial charge in [-0.1, -0.05) is 0 Å². The maximum absolute atomic E-state index is 13.9. The van der Waals surface area contributed by atoms with Crippen LogP contribution in [0.3, 0.4) is 0 Å². The highest BCUT2D eigenvalue weighted by Crippen LogP contribution is 2.26. The van der Waals surface area contributed by atoms with E-state index in [1.165, 1.54) is 13.3 Å². The molecule has 1 aromatic heterocycles. The van der Waals surface area contributed by atoms with Gasteiger partial charge < -0.3 is 10.2 Å². The minimum absolute atomic E-state index is 0.00138. The van der Waals surface area contributed by atoms with Crippen LogP contribution in [0, 0.1) is 18.6 Å². The van der Waals surface area contributed by atoms with Crippen molar-refractivity contribution in [3.05, 3.63) is 47.4 Å². The van der Waals surface area contributed by atoms with Gasteiger partial charge in [-0.3, -0.25) is 0 Å². The van der Waals surface area contributed by atoms with E-state index in [0.717, 1.165) is 16.4 Å². The van der Waals surface area contributed by atoms with Crippen LogP contribution in [-0.2, 0) is 16.6 Å². The predicted molar refractivity (Wildman–Crippen MR) is 72.9 cm³/mol. The van der Waals surface area contributed by atoms with Crippen molar-refractivity contribution in [2.45, 2.75) is 18.4 Å². The molecule has 0 aliphatic rings. The first-order chi connectivity index (χ1) is 9.75. The molecule has 0 radical (unpaired) electrons. The molecule has 0 saturated heterocycles. The van der Waals surface area contributed by atoms with E-state index in [0.29, 0.717) is 11.3 Å². The SMILES string of the molecule is Cc1occc1CN(C)S(=O)(=O)c1ccc(F)c(N)c1F. The lowest BCUT2D eigenvalue weighted by molar-refractivity contribution is 0.453. The second-order valence-electron chi connectivity index (χ2n) is 4.54. The number of nitrogens with two attached hydrogens (primary N) is 1. The number of anilines is 1. The second kappa shape index (κ2) is 5.45. The van der Waals surface area contributed by atoms with Crippen LogP contribution in [0.5, 0.6) is 0 Å². The third-order valence-corrected chi connectivity index (χ3v) is 4.96. The Bertz CT molecular complexity index is 772. The predicted octanol–water partition coefficient (Wildman–Crippen LogP) is 2.27. The summed E-state index contributed by atoms with van der Waals surface area (Å²) < 4.78 is 57.7. The number of nitrogens with zero attached hydrogens (tertiary/aromatic N) is 1. The standard InChI is InChI=1S/C13H14F2N2O3S/c1-8-9(5-6-20-8)7-17(2)21(18,19)11-4-3-10(14)13(16)12(11)15/h3-6H,7,16H2,1-2H3. The fourth-order valence-electron chi connectivity index (χ4n) is 1.82. The smallest absolute Gasteiger partial charge is 0.246 e. The van der Waals surface area contributed by atoms with Gasteiger partial charge in [-0.25, -0.2) is 17.2 Å². The van der Waals surface area contributed by atoms with E-state index in [4.69, 9.17) is 10.2 Å². The maximum atomic E-state index is 13.9. The van der Waals surface area contributed by atoms with Gasteiger partial charge in [-0.2, -0.15) is 4.31 Å². The van der Waals surface area contributed by atoms with Gasteiger partial charge in [0.25, 0.3) is 0 Å². The zero-order valence-electron chi connectivity index (χ0n) is 11.4. The van der Waals surface area contributed by atoms with E-state index in [1.807, 2.05) is 0 Å². The summed E-state index contributed by atoms with van der Waals surface area (Å²) in [7, 11) is -2.84. The average molecular weight is 316 g/mol. The van der Waals surface area contributed by atoms with Gasteiger partial charge in [0.05, 0.1) is 6.26 Å². The molecule has 21 heavy (non-hydrogen) atoms. The molecule has 0 saturated carbocycles. The minimum Gasteiger partial charge on any atom is -0.469 e. The lowest BCUT2D eigenvalue weighted by atomic mass is 10.3. The van der Waals surface area contributed by atoms with Gasteiger partial charge in [0.15, 0.2) is 5.82 Å². The van der Waals surface area contributed by atoms with E-state index in [-0.39, 0.29) is 6.54 Å². The quantitative estimate of drug-likeness (QED) is 0.878. The largest absolute Gasteiger partial charge is 0.469 e. The summed E-state index contributed by atoms with van der Waals surface area (Å²) in [4.78, 5) is -0.662. The van der Waals surface area contributed by atoms with Crippen LogP contribution in [0.15, 0.2) is 33.8 Å². The van der Waals surface area contributed by atoms with Crippen molar-refractivity contribution < 1.29 is 21.6 Å². The molecule has 0 atom stereocenters. The first kappa shape index (κ1) is 15.5. The van der Waals surface area contributed by atoms with Crippen molar-refractivity contribution in [2.24, 2.45) is 0 Å². The monoisotopic (exact) mass is 316 g/mol. The molecule has 2 N–H and O–H groups in total. The number of furan rings is 1. The molecule has 1 aromatic carbocycles. The number of aryl methyl sites for hydroxylation is 1. The number of hydrogen-bond donors (Lipinski definition) is 1. The van der Waals surface area contributed by atoms with Gasteiger partial charge in [0.2, 0.25) is 10.0 Å². The highest BCUT2D eigenvalue weighted by atomic mass is 32.2. The van der Waals surface area contributed by atoms with Gasteiger partial charge >= 0.3 is 0 Å². The Balaban J connectivity index is 2.38. The van der Waals surface area contributed by atoms with Crippen molar-refractivity contribution in [3.8, 4) is 0 Å². The van der Waals surface area contributed by atoms with Gasteiger partial charge in [-0.15, -0.1) is 0 Å². The molecule has 0 aliphatic heterocycles. The number of rotatable bonds is 4. The van der Waals surface area contributed by atoms with Crippen LogP contribution < -0.4 is 5.73 Å². The summed E-state index contributed by atoms with van der Waals surface area (Å²) in [6.07, 6.45) is 1.43. The molecule has 2 rings (SSSR count). The lowest BCUT2D eigenvalue weighted by Crippen LogP contribution is -2.27. The molecular formula is C13H14F2N2O3S. The van der Waals surface area contributed by atoms with E-state index in [2.05, 4.69) is 0 Å². The van der Waals surface area contributed by atoms with Crippen LogP contribution in [0.1, 0.15) is 11.3 Å². The molecule has 0 spiro atoms. The third-order valence-electron chi connectivity index (χ3n) is 3.14. The summed E-state index contributed by atoms with van der Waals surface area (Å²) in [5.41, 5.74) is 5.03. The van der Waals surface area contributed by atoms with Crippen molar-refractivity contribution in [1.29, 1.82) is 0 Å². The molecule has 0 amide bonds. The maximum Gasteiger partial charge on any atom is 0.246 e. The zero-order chi connectivity index (χ0) is 15.8. The Kier molecular flexibility index (Phi) is 4.02. The Morgan fingerprint density at radius 3 is 2.52 bits per heavy atom. The number of hydrogen-bond acceptors (Lipinski definition) is 4. The molecule has 1 heterocycles. The molecule has 0 fully saturated rings. The van der Waals surface area contributed by atoms with Crippen LogP contribution in [0.4, 0.5) is 14.5 Å². The Morgan fingerprint density at radius 1 is 1.29 bits per heavy atom. The van der Waals surface area contributed by atoms with Crippen LogP contribution in [-0.4, -0.2) is 19.8 Å². The van der Waals surface area contributed by atoms with Gasteiger partial charge in [0.1, 0.15) is 22.2 Å². The molecule has 2 aromatic rings. The van der Waals surface area contributed by atoms with Crippen molar-refractivity contribution in [3.63, 3.8) is 0 Å². The van der Waals surface area contributed by atoms with E-state index >= 15 is 0 Å². The van der Waals surface area contributed by atoms with Crippen molar-refractivity contribution >= 4 is 15.7 Å². The fourth-order valence-corrected chi connectivity index (χ4v) is 3.04. The number of halogens is 2. The van der Waals surface area contributed by atoms with E-state index in [1.54, 1.807) is 13.0 Å². The zero-order valence-corrected chi connectivity index (χ0v) is 12.2. The number of benzene rings is 1. The van der Waals surface area contributed by atoms with Crippen LogP contribution in [0.2, 0.25) is 0 Å². The highest BCUT2D eigenvalue weighted by molar-refractivity contribution is 7.89. The molecule has 0 unspecified atom stereocenters. The summed E-state index contributed by atoms with van der Waals surface area (Å²) in [6.45, 7) is 1.69. The molecule has 5 nitrogen and oxygen atoms in total. The van der Waals surface area contributed by atoms with Crippen LogP contribution >= 0.6 is 0 Å². The summed E-state index contributed by atoms with van der Waals surface area (Å²) >= 11 is 0. The van der Waals surface area contributed by atoms with E-state index in [9.17, 15) is 17.2 Å². The molecule has 0 bridgehead atoms. The molecule has 0 aliphatic carbocycles. The van der Waals surface area contributed by atoms with Crippen molar-refractivity contribution in [2.75, 3.05) is 12.8 Å². The molecular weight excluding hydrogens is 302 g/mol. The van der Waals surface area contributed by atoms with Gasteiger partial charge in [-0.05, 0) is 25.1 Å². The average Bonchev–Trinajstić information content (AvgIpc) is 2.81. The first-order valence-electron chi connectivity index (χ1n) is 5.98. The number of nitrogen functional groups attached to an aromatic ring is 1. The van der Waals surface area contributed by atoms with Gasteiger partial charge in [0, 0.05) is 19.2 Å². The molecule has 8 heteroatoms. The third kappa shape index (κ3) is 2.77. The summed E-state index contributed by atoms with van der Waals surface area (Å²) in [5.74, 6) is -1.72. The number of sulfonamides is 1. The van der Waals surface area contributed by atoms with Crippen molar-refractivity contribution in [1.82, 2.24) is 4.31 Å². The summed E-state index contributed by atoms with van der Waals surface area (Å²) in [5, 5.41) is 0. The summed E-state index contributed by atoms with van der Waals surface area (Å²) in [6, 6.07) is 3.30. The Labute approximate surface area is 121 Å². The topological polar surface area (TPSA) is 76.5 Å². The molecule has 114 valence electrons. The normalized spacial score (nSPS) is 12.0. The Hall–Kier alpha value is -1.93. The first-order valence-corrected chi connectivity index (χ1v) is 7.42. The fraction of sp³-hybridized carbons (Fsp3) is 0.231. The Morgan fingerprint density at radius 2 is 1.95 bits per heavy atom. The van der Waals surface area contributed by atoms with E-state index < -0.39 is 32.2 Å². The van der Waals surface area contributed by atoms with Crippen LogP contribution in [0.25, 0.3) is 0 Å². The lowest BCUT2D eigenvalue weighted by Gasteiger charge is -2.17.